The predicted molar refractivity (Wildman–Crippen MR) is 70.9 cm³/mol. The molecule has 0 saturated heterocycles. The van der Waals surface area contributed by atoms with Crippen molar-refractivity contribution in [1.29, 1.82) is 0 Å². The fraction of sp³-hybridized carbons (Fsp3) is 0.231. The number of aromatic nitrogens is 1. The highest BCUT2D eigenvalue weighted by molar-refractivity contribution is 5.97. The van der Waals surface area contributed by atoms with Gasteiger partial charge in [0.25, 0.3) is 0 Å². The summed E-state index contributed by atoms with van der Waals surface area (Å²) in [6.45, 7) is 0.606. The minimum absolute atomic E-state index is 0.286. The summed E-state index contributed by atoms with van der Waals surface area (Å²) in [6.07, 6.45) is 3.84. The number of pyridine rings is 1. The summed E-state index contributed by atoms with van der Waals surface area (Å²) in [4.78, 5) is 15.6. The summed E-state index contributed by atoms with van der Waals surface area (Å²) < 4.78 is 9.86. The molecule has 0 aliphatic carbocycles. The first-order valence-corrected chi connectivity index (χ1v) is 5.81. The van der Waals surface area contributed by atoms with E-state index in [0.29, 0.717) is 24.3 Å². The Balaban J connectivity index is 2.02. The predicted octanol–water partition coefficient (Wildman–Crippen LogP) is 1.70. The van der Waals surface area contributed by atoms with Crippen molar-refractivity contribution in [2.45, 2.75) is 6.42 Å². The first-order chi connectivity index (χ1) is 9.22. The van der Waals surface area contributed by atoms with E-state index in [1.165, 1.54) is 19.4 Å². The van der Waals surface area contributed by atoms with Crippen molar-refractivity contribution in [1.82, 2.24) is 4.98 Å². The van der Waals surface area contributed by atoms with E-state index in [0.717, 1.165) is 5.76 Å². The lowest BCUT2D eigenvalue weighted by Crippen LogP contribution is -2.12. The van der Waals surface area contributed by atoms with E-state index < -0.39 is 5.97 Å². The van der Waals surface area contributed by atoms with Crippen LogP contribution in [0.25, 0.3) is 0 Å². The second-order valence-electron chi connectivity index (χ2n) is 3.87. The highest BCUT2D eigenvalue weighted by Gasteiger charge is 2.13. The Morgan fingerprint density at radius 1 is 1.53 bits per heavy atom. The number of hydrogen-bond acceptors (Lipinski definition) is 6. The van der Waals surface area contributed by atoms with Crippen molar-refractivity contribution in [3.8, 4) is 0 Å². The Morgan fingerprint density at radius 3 is 3.05 bits per heavy atom. The van der Waals surface area contributed by atoms with Gasteiger partial charge < -0.3 is 20.2 Å². The molecule has 2 rings (SSSR count). The van der Waals surface area contributed by atoms with Crippen LogP contribution in [0.15, 0.2) is 35.1 Å². The van der Waals surface area contributed by atoms with E-state index in [2.05, 4.69) is 15.0 Å². The molecule has 0 atom stereocenters. The van der Waals surface area contributed by atoms with Gasteiger partial charge in [0.2, 0.25) is 0 Å². The van der Waals surface area contributed by atoms with Crippen LogP contribution in [0.3, 0.4) is 0 Å². The van der Waals surface area contributed by atoms with Crippen molar-refractivity contribution in [3.63, 3.8) is 0 Å². The van der Waals surface area contributed by atoms with Gasteiger partial charge in [-0.1, -0.05) is 0 Å². The number of hydrogen-bond donors (Lipinski definition) is 2. The summed E-state index contributed by atoms with van der Waals surface area (Å²) >= 11 is 0. The molecule has 0 aliphatic rings. The number of rotatable bonds is 5. The van der Waals surface area contributed by atoms with Gasteiger partial charge in [-0.25, -0.2) is 9.78 Å². The average molecular weight is 261 g/mol. The van der Waals surface area contributed by atoms with Gasteiger partial charge in [0.15, 0.2) is 0 Å². The van der Waals surface area contributed by atoms with E-state index in [-0.39, 0.29) is 5.69 Å². The molecule has 0 spiro atoms. The van der Waals surface area contributed by atoms with Crippen LogP contribution in [0.5, 0.6) is 0 Å². The van der Waals surface area contributed by atoms with Gasteiger partial charge in [0.1, 0.15) is 11.6 Å². The zero-order valence-corrected chi connectivity index (χ0v) is 10.6. The molecule has 0 fully saturated rings. The number of nitrogen functional groups attached to an aromatic ring is 1. The molecule has 6 nitrogen and oxygen atoms in total. The van der Waals surface area contributed by atoms with Gasteiger partial charge in [-0.15, -0.1) is 0 Å². The van der Waals surface area contributed by atoms with Gasteiger partial charge in [-0.2, -0.15) is 0 Å². The lowest BCUT2D eigenvalue weighted by Gasteiger charge is -2.10. The smallest absolute Gasteiger partial charge is 0.340 e. The number of nitrogens with zero attached hydrogens (tertiary/aromatic N) is 1. The molecule has 6 heteroatoms. The molecule has 0 aliphatic heterocycles. The molecule has 19 heavy (non-hydrogen) atoms. The Hall–Kier alpha value is -2.50. The summed E-state index contributed by atoms with van der Waals surface area (Å²) in [7, 11) is 1.31. The number of nitrogens with one attached hydrogen (secondary N) is 1. The monoisotopic (exact) mass is 261 g/mol. The summed E-state index contributed by atoms with van der Waals surface area (Å²) in [5.41, 5.74) is 6.46. The molecular weight excluding hydrogens is 246 g/mol. The summed E-state index contributed by atoms with van der Waals surface area (Å²) in [5.74, 6) is 0.860. The molecule has 2 aromatic heterocycles. The number of ether oxygens (including phenoxy) is 1. The van der Waals surface area contributed by atoms with E-state index in [4.69, 9.17) is 10.2 Å². The van der Waals surface area contributed by atoms with Gasteiger partial charge in [-0.3, -0.25) is 0 Å². The lowest BCUT2D eigenvalue weighted by molar-refractivity contribution is 0.0602. The third-order valence-electron chi connectivity index (χ3n) is 2.64. The van der Waals surface area contributed by atoms with E-state index >= 15 is 0 Å². The maximum Gasteiger partial charge on any atom is 0.340 e. The van der Waals surface area contributed by atoms with Crippen LogP contribution < -0.4 is 11.1 Å². The first-order valence-electron chi connectivity index (χ1n) is 5.81. The van der Waals surface area contributed by atoms with Crippen LogP contribution in [-0.4, -0.2) is 24.6 Å². The quantitative estimate of drug-likeness (QED) is 0.796. The molecule has 0 bridgehead atoms. The van der Waals surface area contributed by atoms with Crippen LogP contribution in [0.1, 0.15) is 16.1 Å². The van der Waals surface area contributed by atoms with Gasteiger partial charge in [-0.05, 0) is 18.2 Å². The molecule has 2 aromatic rings. The first kappa shape index (κ1) is 12.9. The normalized spacial score (nSPS) is 10.2. The molecule has 0 saturated carbocycles. The molecule has 2 heterocycles. The molecule has 100 valence electrons. The number of carbonyl (C=O) groups is 1. The number of esters is 1. The van der Waals surface area contributed by atoms with Crippen molar-refractivity contribution < 1.29 is 13.9 Å². The minimum Gasteiger partial charge on any atom is -0.469 e. The highest BCUT2D eigenvalue weighted by Crippen LogP contribution is 2.20. The van der Waals surface area contributed by atoms with E-state index in [9.17, 15) is 4.79 Å². The maximum absolute atomic E-state index is 11.5. The lowest BCUT2D eigenvalue weighted by atomic mass is 10.2. The molecule has 0 unspecified atom stereocenters. The van der Waals surface area contributed by atoms with Crippen molar-refractivity contribution in [2.75, 3.05) is 24.7 Å². The SMILES string of the molecule is COC(=O)c1ccnc(NCCc2ccco2)c1N. The zero-order chi connectivity index (χ0) is 13.7. The second kappa shape index (κ2) is 5.90. The van der Waals surface area contributed by atoms with Crippen LogP contribution >= 0.6 is 0 Å². The highest BCUT2D eigenvalue weighted by atomic mass is 16.5. The summed E-state index contributed by atoms with van der Waals surface area (Å²) in [6, 6.07) is 5.25. The number of methoxy groups -OCH3 is 1. The largest absolute Gasteiger partial charge is 0.469 e. The summed E-state index contributed by atoms with van der Waals surface area (Å²) in [5, 5.41) is 3.07. The number of furan rings is 1. The van der Waals surface area contributed by atoms with Gasteiger partial charge >= 0.3 is 5.97 Å². The molecular formula is C13H15N3O3. The molecule has 0 radical (unpaired) electrons. The average Bonchev–Trinajstić information content (AvgIpc) is 2.93. The number of anilines is 2. The maximum atomic E-state index is 11.5. The number of carbonyl (C=O) groups excluding carboxylic acids is 1. The molecule has 3 N–H and O–H groups in total. The van der Waals surface area contributed by atoms with Crippen LogP contribution in [0.2, 0.25) is 0 Å². The molecule has 0 aromatic carbocycles. The van der Waals surface area contributed by atoms with Gasteiger partial charge in [0, 0.05) is 19.2 Å². The second-order valence-corrected chi connectivity index (χ2v) is 3.87. The van der Waals surface area contributed by atoms with Crippen LogP contribution in [0, 0.1) is 0 Å². The minimum atomic E-state index is -0.478. The van der Waals surface area contributed by atoms with Crippen molar-refractivity contribution in [3.05, 3.63) is 42.0 Å². The van der Waals surface area contributed by atoms with Gasteiger partial charge in [0.05, 0.1) is 24.6 Å². The third kappa shape index (κ3) is 3.04. The van der Waals surface area contributed by atoms with E-state index in [1.807, 2.05) is 12.1 Å². The Bertz CT molecular complexity index is 552. The number of nitrogens with two attached hydrogens (primary N) is 1. The zero-order valence-electron chi connectivity index (χ0n) is 10.6. The van der Waals surface area contributed by atoms with Crippen molar-refractivity contribution in [2.24, 2.45) is 0 Å². The standard InChI is InChI=1S/C13H15N3O3/c1-18-13(17)10-5-7-16-12(11(10)14)15-6-4-9-3-2-8-19-9/h2-3,5,7-8H,4,6,14H2,1H3,(H,15,16). The fourth-order valence-corrected chi connectivity index (χ4v) is 1.66. The van der Waals surface area contributed by atoms with Crippen molar-refractivity contribution >= 4 is 17.5 Å². The van der Waals surface area contributed by atoms with Crippen LogP contribution in [0.4, 0.5) is 11.5 Å². The molecule has 0 amide bonds. The Labute approximate surface area is 110 Å². The Morgan fingerprint density at radius 2 is 2.37 bits per heavy atom. The Kier molecular flexibility index (Phi) is 4.02. The van der Waals surface area contributed by atoms with Crippen LogP contribution in [-0.2, 0) is 11.2 Å². The topological polar surface area (TPSA) is 90.4 Å². The van der Waals surface area contributed by atoms with E-state index in [1.54, 1.807) is 6.26 Å². The fourth-order valence-electron chi connectivity index (χ4n) is 1.66. The third-order valence-corrected chi connectivity index (χ3v) is 2.64.